The lowest BCUT2D eigenvalue weighted by molar-refractivity contribution is 0.339. The Morgan fingerprint density at radius 2 is 2.06 bits per heavy atom. The van der Waals surface area contributed by atoms with Gasteiger partial charge >= 0.3 is 0 Å². The summed E-state index contributed by atoms with van der Waals surface area (Å²) in [5, 5.41) is 0. The summed E-state index contributed by atoms with van der Waals surface area (Å²) in [5.41, 5.74) is 7.44. The summed E-state index contributed by atoms with van der Waals surface area (Å²) in [6, 6.07) is 6.13. The molecule has 0 spiro atoms. The van der Waals surface area contributed by atoms with Gasteiger partial charge in [-0.2, -0.15) is 0 Å². The molecule has 2 N–H and O–H groups in total. The van der Waals surface area contributed by atoms with Crippen LogP contribution >= 0.6 is 15.9 Å². The van der Waals surface area contributed by atoms with Crippen LogP contribution in [0.2, 0.25) is 0 Å². The van der Waals surface area contributed by atoms with Crippen LogP contribution in [0.3, 0.4) is 0 Å². The van der Waals surface area contributed by atoms with E-state index < -0.39 is 0 Å². The quantitative estimate of drug-likeness (QED) is 0.851. The molecule has 0 bridgehead atoms. The molecule has 1 aromatic carbocycles. The minimum absolute atomic E-state index is 0.0833. The van der Waals surface area contributed by atoms with Crippen LogP contribution in [0.1, 0.15) is 45.2 Å². The molecule has 17 heavy (non-hydrogen) atoms. The van der Waals surface area contributed by atoms with Crippen LogP contribution in [0.4, 0.5) is 0 Å². The molecule has 0 aliphatic carbocycles. The number of rotatable bonds is 6. The maximum Gasteiger partial charge on any atom is 0.120 e. The molecule has 1 aromatic rings. The third-order valence-corrected chi connectivity index (χ3v) is 3.69. The highest BCUT2D eigenvalue weighted by Crippen LogP contribution is 2.31. The zero-order chi connectivity index (χ0) is 12.8. The van der Waals surface area contributed by atoms with Gasteiger partial charge in [-0.05, 0) is 37.0 Å². The maximum atomic E-state index is 6.28. The Kier molecular flexibility index (Phi) is 6.00. The van der Waals surface area contributed by atoms with Crippen LogP contribution < -0.4 is 10.5 Å². The van der Waals surface area contributed by atoms with Crippen LogP contribution in [-0.2, 0) is 0 Å². The van der Waals surface area contributed by atoms with Crippen LogP contribution in [0.25, 0.3) is 0 Å². The molecule has 0 heterocycles. The van der Waals surface area contributed by atoms with Crippen molar-refractivity contribution < 1.29 is 4.74 Å². The van der Waals surface area contributed by atoms with Crippen molar-refractivity contribution in [3.05, 3.63) is 28.2 Å². The maximum absolute atomic E-state index is 6.28. The van der Waals surface area contributed by atoms with Crippen molar-refractivity contribution in [3.8, 4) is 5.75 Å². The highest BCUT2D eigenvalue weighted by molar-refractivity contribution is 9.10. The molecule has 2 nitrogen and oxygen atoms in total. The molecule has 0 aromatic heterocycles. The van der Waals surface area contributed by atoms with E-state index in [1.54, 1.807) is 0 Å². The predicted octanol–water partition coefficient (Wildman–Crippen LogP) is 4.28. The van der Waals surface area contributed by atoms with E-state index in [0.717, 1.165) is 22.2 Å². The Morgan fingerprint density at radius 3 is 2.59 bits per heavy atom. The molecule has 0 radical (unpaired) electrons. The van der Waals surface area contributed by atoms with Gasteiger partial charge in [-0.25, -0.2) is 0 Å². The van der Waals surface area contributed by atoms with Crippen molar-refractivity contribution >= 4 is 15.9 Å². The lowest BCUT2D eigenvalue weighted by Crippen LogP contribution is -2.19. The van der Waals surface area contributed by atoms with Crippen LogP contribution in [0, 0.1) is 5.92 Å². The smallest absolute Gasteiger partial charge is 0.120 e. The van der Waals surface area contributed by atoms with E-state index in [9.17, 15) is 0 Å². The lowest BCUT2D eigenvalue weighted by atomic mass is 9.92. The minimum Gasteiger partial charge on any atom is -0.494 e. The number of hydrogen-bond donors (Lipinski definition) is 1. The van der Waals surface area contributed by atoms with Gasteiger partial charge in [0.05, 0.1) is 6.61 Å². The van der Waals surface area contributed by atoms with Gasteiger partial charge in [0.1, 0.15) is 5.75 Å². The molecule has 0 saturated carbocycles. The first-order valence-electron chi connectivity index (χ1n) is 6.27. The summed E-state index contributed by atoms with van der Waals surface area (Å²) in [4.78, 5) is 0. The van der Waals surface area contributed by atoms with Gasteiger partial charge in [0.25, 0.3) is 0 Å². The fraction of sp³-hybridized carbons (Fsp3) is 0.571. The van der Waals surface area contributed by atoms with Crippen molar-refractivity contribution in [2.45, 2.75) is 39.7 Å². The molecule has 2 unspecified atom stereocenters. The van der Waals surface area contributed by atoms with Crippen molar-refractivity contribution in [2.24, 2.45) is 11.7 Å². The summed E-state index contributed by atoms with van der Waals surface area (Å²) in [5.74, 6) is 1.38. The number of halogens is 1. The van der Waals surface area contributed by atoms with E-state index >= 15 is 0 Å². The van der Waals surface area contributed by atoms with Crippen molar-refractivity contribution in [1.82, 2.24) is 0 Å². The molecular formula is C14H22BrNO. The molecule has 0 saturated heterocycles. The normalized spacial score (nSPS) is 14.4. The Balaban J connectivity index is 2.83. The van der Waals surface area contributed by atoms with Gasteiger partial charge in [-0.1, -0.05) is 42.3 Å². The van der Waals surface area contributed by atoms with Gasteiger partial charge in [0.2, 0.25) is 0 Å². The van der Waals surface area contributed by atoms with Crippen LogP contribution in [0.5, 0.6) is 5.75 Å². The molecule has 0 aliphatic heterocycles. The Labute approximate surface area is 113 Å². The number of ether oxygens (including phenoxy) is 1. The zero-order valence-electron chi connectivity index (χ0n) is 10.9. The topological polar surface area (TPSA) is 35.2 Å². The second-order valence-corrected chi connectivity index (χ2v) is 5.26. The standard InChI is InChI=1S/C14H22BrNO/c1-4-6-10(3)14(16)12-8-7-11(17-5-2)9-13(12)15/h7-10,14H,4-6,16H2,1-3H3. The second-order valence-electron chi connectivity index (χ2n) is 4.41. The van der Waals surface area contributed by atoms with Gasteiger partial charge in [-0.15, -0.1) is 0 Å². The predicted molar refractivity (Wildman–Crippen MR) is 76.3 cm³/mol. The van der Waals surface area contributed by atoms with E-state index in [1.807, 2.05) is 19.1 Å². The minimum atomic E-state index is 0.0833. The largest absolute Gasteiger partial charge is 0.494 e. The molecule has 1 rings (SSSR count). The number of hydrogen-bond acceptors (Lipinski definition) is 2. The zero-order valence-corrected chi connectivity index (χ0v) is 12.5. The van der Waals surface area contributed by atoms with E-state index in [4.69, 9.17) is 10.5 Å². The molecular weight excluding hydrogens is 278 g/mol. The van der Waals surface area contributed by atoms with Crippen LogP contribution in [-0.4, -0.2) is 6.61 Å². The summed E-state index contributed by atoms with van der Waals surface area (Å²) in [6.45, 7) is 7.06. The average molecular weight is 300 g/mol. The van der Waals surface area contributed by atoms with E-state index in [1.165, 1.54) is 6.42 Å². The number of nitrogens with two attached hydrogens (primary N) is 1. The summed E-state index contributed by atoms with van der Waals surface area (Å²) < 4.78 is 6.50. The fourth-order valence-electron chi connectivity index (χ4n) is 1.98. The Bertz CT molecular complexity index is 354. The van der Waals surface area contributed by atoms with Crippen molar-refractivity contribution in [3.63, 3.8) is 0 Å². The average Bonchev–Trinajstić information content (AvgIpc) is 2.29. The van der Waals surface area contributed by atoms with Crippen LogP contribution in [0.15, 0.2) is 22.7 Å². The summed E-state index contributed by atoms with van der Waals surface area (Å²) in [6.07, 6.45) is 2.32. The molecule has 0 aliphatic rings. The van der Waals surface area contributed by atoms with E-state index in [0.29, 0.717) is 12.5 Å². The Hall–Kier alpha value is -0.540. The molecule has 2 atom stereocenters. The molecule has 0 fully saturated rings. The SMILES string of the molecule is CCCC(C)C(N)c1ccc(OCC)cc1Br. The Morgan fingerprint density at radius 1 is 1.35 bits per heavy atom. The second kappa shape index (κ2) is 7.02. The van der Waals surface area contributed by atoms with Gasteiger partial charge in [-0.3, -0.25) is 0 Å². The summed E-state index contributed by atoms with van der Waals surface area (Å²) in [7, 11) is 0. The van der Waals surface area contributed by atoms with Crippen molar-refractivity contribution in [1.29, 1.82) is 0 Å². The first-order chi connectivity index (χ1) is 8.10. The third-order valence-electron chi connectivity index (χ3n) is 3.00. The van der Waals surface area contributed by atoms with Gasteiger partial charge < -0.3 is 10.5 Å². The first kappa shape index (κ1) is 14.5. The van der Waals surface area contributed by atoms with E-state index in [-0.39, 0.29) is 6.04 Å². The lowest BCUT2D eigenvalue weighted by Gasteiger charge is -2.21. The van der Waals surface area contributed by atoms with Gasteiger partial charge in [0.15, 0.2) is 0 Å². The first-order valence-corrected chi connectivity index (χ1v) is 7.07. The highest BCUT2D eigenvalue weighted by Gasteiger charge is 2.16. The fourth-order valence-corrected chi connectivity index (χ4v) is 2.60. The van der Waals surface area contributed by atoms with E-state index in [2.05, 4.69) is 35.8 Å². The van der Waals surface area contributed by atoms with Crippen molar-refractivity contribution in [2.75, 3.05) is 6.61 Å². The number of benzene rings is 1. The molecule has 3 heteroatoms. The molecule has 0 amide bonds. The monoisotopic (exact) mass is 299 g/mol. The molecule has 96 valence electrons. The highest BCUT2D eigenvalue weighted by atomic mass is 79.9. The summed E-state index contributed by atoms with van der Waals surface area (Å²) >= 11 is 3.58. The van der Waals surface area contributed by atoms with Gasteiger partial charge in [0, 0.05) is 10.5 Å². The third kappa shape index (κ3) is 4.00.